The highest BCUT2D eigenvalue weighted by Crippen LogP contribution is 2.42. The number of esters is 1. The molecule has 0 unspecified atom stereocenters. The van der Waals surface area contributed by atoms with Gasteiger partial charge in [0.25, 0.3) is 0 Å². The molecule has 4 nitrogen and oxygen atoms in total. The van der Waals surface area contributed by atoms with Crippen LogP contribution >= 0.6 is 0 Å². The third kappa shape index (κ3) is 1.82. The molecule has 2 heterocycles. The average Bonchev–Trinajstić information content (AvgIpc) is 3.20. The minimum Gasteiger partial charge on any atom is -0.465 e. The molecule has 90 valence electrons. The molecule has 0 aromatic carbocycles. The Bertz CT molecular complexity index is 467. The lowest BCUT2D eigenvalue weighted by Gasteiger charge is -2.21. The molecule has 1 saturated carbocycles. The van der Waals surface area contributed by atoms with Gasteiger partial charge in [-0.1, -0.05) is 0 Å². The van der Waals surface area contributed by atoms with Crippen LogP contribution in [0.1, 0.15) is 45.9 Å². The van der Waals surface area contributed by atoms with Crippen LogP contribution in [-0.2, 0) is 17.7 Å². The van der Waals surface area contributed by atoms with Crippen LogP contribution in [-0.4, -0.2) is 24.6 Å². The summed E-state index contributed by atoms with van der Waals surface area (Å²) in [5, 5.41) is 3.30. The van der Waals surface area contributed by atoms with Crippen LogP contribution < -0.4 is 5.32 Å². The third-order valence-electron chi connectivity index (χ3n) is 3.53. The standard InChI is InChI=1S/C13H16N2O2/c1-17-13(16)11-10-4-5-14-6-9(10)7-15-12(11)8-2-3-8/h7-8,14H,2-6H2,1H3. The zero-order chi connectivity index (χ0) is 11.8. The third-order valence-corrected chi connectivity index (χ3v) is 3.53. The van der Waals surface area contributed by atoms with E-state index in [-0.39, 0.29) is 5.97 Å². The number of carbonyl (C=O) groups excluding carboxylic acids is 1. The fraction of sp³-hybridized carbons (Fsp3) is 0.538. The minimum atomic E-state index is -0.224. The van der Waals surface area contributed by atoms with Crippen molar-refractivity contribution >= 4 is 5.97 Å². The van der Waals surface area contributed by atoms with E-state index in [1.807, 2.05) is 6.20 Å². The minimum absolute atomic E-state index is 0.224. The van der Waals surface area contributed by atoms with E-state index in [1.54, 1.807) is 0 Å². The van der Waals surface area contributed by atoms with E-state index < -0.39 is 0 Å². The van der Waals surface area contributed by atoms with Crippen molar-refractivity contribution in [2.45, 2.75) is 31.7 Å². The summed E-state index contributed by atoms with van der Waals surface area (Å²) in [6.07, 6.45) is 5.10. The highest BCUT2D eigenvalue weighted by molar-refractivity contribution is 5.93. The van der Waals surface area contributed by atoms with Crippen LogP contribution in [0.25, 0.3) is 0 Å². The maximum atomic E-state index is 12.0. The van der Waals surface area contributed by atoms with Gasteiger partial charge in [-0.2, -0.15) is 0 Å². The van der Waals surface area contributed by atoms with Crippen LogP contribution in [0.4, 0.5) is 0 Å². The number of hydrogen-bond donors (Lipinski definition) is 1. The summed E-state index contributed by atoms with van der Waals surface area (Å²) in [6, 6.07) is 0. The molecule has 0 radical (unpaired) electrons. The number of hydrogen-bond acceptors (Lipinski definition) is 4. The molecule has 0 atom stereocenters. The van der Waals surface area contributed by atoms with Gasteiger partial charge in [0.15, 0.2) is 0 Å². The molecule has 1 aliphatic heterocycles. The Kier molecular flexibility index (Phi) is 2.59. The first-order valence-corrected chi connectivity index (χ1v) is 6.11. The van der Waals surface area contributed by atoms with E-state index in [2.05, 4.69) is 10.3 Å². The number of fused-ring (bicyclic) bond motifs is 1. The lowest BCUT2D eigenvalue weighted by atomic mass is 9.94. The van der Waals surface area contributed by atoms with Gasteiger partial charge in [-0.25, -0.2) is 4.79 Å². The SMILES string of the molecule is COC(=O)c1c(C2CC2)ncc2c1CCNC2. The van der Waals surface area contributed by atoms with Crippen LogP contribution in [0, 0.1) is 0 Å². The summed E-state index contributed by atoms with van der Waals surface area (Å²) >= 11 is 0. The van der Waals surface area contributed by atoms with Gasteiger partial charge in [-0.15, -0.1) is 0 Å². The van der Waals surface area contributed by atoms with Crippen molar-refractivity contribution < 1.29 is 9.53 Å². The van der Waals surface area contributed by atoms with E-state index in [4.69, 9.17) is 4.74 Å². The second kappa shape index (κ2) is 4.11. The van der Waals surface area contributed by atoms with Gasteiger partial charge in [0.2, 0.25) is 0 Å². The Morgan fingerprint density at radius 2 is 2.35 bits per heavy atom. The van der Waals surface area contributed by atoms with Crippen molar-refractivity contribution in [3.8, 4) is 0 Å². The number of carbonyl (C=O) groups is 1. The number of nitrogens with one attached hydrogen (secondary N) is 1. The second-order valence-electron chi connectivity index (χ2n) is 4.71. The lowest BCUT2D eigenvalue weighted by Crippen LogP contribution is -2.27. The van der Waals surface area contributed by atoms with Crippen LogP contribution in [0.2, 0.25) is 0 Å². The first-order valence-electron chi connectivity index (χ1n) is 6.11. The number of rotatable bonds is 2. The van der Waals surface area contributed by atoms with E-state index in [9.17, 15) is 4.79 Å². The number of nitrogens with zero attached hydrogens (tertiary/aromatic N) is 1. The number of methoxy groups -OCH3 is 1. The molecule has 0 spiro atoms. The highest BCUT2D eigenvalue weighted by atomic mass is 16.5. The molecular formula is C13H16N2O2. The molecule has 2 aliphatic rings. The lowest BCUT2D eigenvalue weighted by molar-refractivity contribution is 0.0597. The predicted molar refractivity (Wildman–Crippen MR) is 63.0 cm³/mol. The Morgan fingerprint density at radius 3 is 3.06 bits per heavy atom. The molecule has 17 heavy (non-hydrogen) atoms. The van der Waals surface area contributed by atoms with E-state index in [0.717, 1.165) is 54.7 Å². The van der Waals surface area contributed by atoms with Crippen molar-refractivity contribution in [1.29, 1.82) is 0 Å². The van der Waals surface area contributed by atoms with Crippen molar-refractivity contribution in [3.05, 3.63) is 28.6 Å². The number of ether oxygens (including phenoxy) is 1. The summed E-state index contributed by atoms with van der Waals surface area (Å²) in [5.74, 6) is 0.252. The average molecular weight is 232 g/mol. The van der Waals surface area contributed by atoms with E-state index >= 15 is 0 Å². The fourth-order valence-corrected chi connectivity index (χ4v) is 2.48. The summed E-state index contributed by atoms with van der Waals surface area (Å²) < 4.78 is 4.92. The van der Waals surface area contributed by atoms with Gasteiger partial charge >= 0.3 is 5.97 Å². The summed E-state index contributed by atoms with van der Waals surface area (Å²) in [5.41, 5.74) is 3.99. The molecule has 4 heteroatoms. The Balaban J connectivity index is 2.13. The van der Waals surface area contributed by atoms with Crippen LogP contribution in [0.5, 0.6) is 0 Å². The molecule has 0 bridgehead atoms. The molecule has 1 fully saturated rings. The molecule has 1 N–H and O–H groups in total. The molecule has 0 amide bonds. The first-order chi connectivity index (χ1) is 8.31. The maximum Gasteiger partial charge on any atom is 0.340 e. The normalized spacial score (nSPS) is 18.6. The molecule has 1 aliphatic carbocycles. The van der Waals surface area contributed by atoms with Gasteiger partial charge in [0.05, 0.1) is 18.4 Å². The molecule has 3 rings (SSSR count). The van der Waals surface area contributed by atoms with Crippen LogP contribution in [0.15, 0.2) is 6.20 Å². The second-order valence-corrected chi connectivity index (χ2v) is 4.71. The molecular weight excluding hydrogens is 216 g/mol. The van der Waals surface area contributed by atoms with Crippen molar-refractivity contribution in [2.24, 2.45) is 0 Å². The summed E-state index contributed by atoms with van der Waals surface area (Å²) in [4.78, 5) is 16.4. The van der Waals surface area contributed by atoms with Gasteiger partial charge in [0, 0.05) is 18.7 Å². The predicted octanol–water partition coefficient (Wildman–Crippen LogP) is 1.39. The number of aromatic nitrogens is 1. The Hall–Kier alpha value is -1.42. The van der Waals surface area contributed by atoms with Gasteiger partial charge < -0.3 is 10.1 Å². The van der Waals surface area contributed by atoms with Gasteiger partial charge in [-0.3, -0.25) is 4.98 Å². The maximum absolute atomic E-state index is 12.0. The topological polar surface area (TPSA) is 51.2 Å². The van der Waals surface area contributed by atoms with Crippen molar-refractivity contribution in [1.82, 2.24) is 10.3 Å². The molecule has 0 saturated heterocycles. The van der Waals surface area contributed by atoms with Gasteiger partial charge in [-0.05, 0) is 36.9 Å². The van der Waals surface area contributed by atoms with Crippen LogP contribution in [0.3, 0.4) is 0 Å². The zero-order valence-corrected chi connectivity index (χ0v) is 9.95. The van der Waals surface area contributed by atoms with E-state index in [0.29, 0.717) is 5.92 Å². The molecule has 1 aromatic heterocycles. The van der Waals surface area contributed by atoms with E-state index in [1.165, 1.54) is 7.11 Å². The monoisotopic (exact) mass is 232 g/mol. The van der Waals surface area contributed by atoms with Gasteiger partial charge in [0.1, 0.15) is 0 Å². The summed E-state index contributed by atoms with van der Waals surface area (Å²) in [6.45, 7) is 1.72. The summed E-state index contributed by atoms with van der Waals surface area (Å²) in [7, 11) is 1.44. The smallest absolute Gasteiger partial charge is 0.340 e. The quantitative estimate of drug-likeness (QED) is 0.783. The fourth-order valence-electron chi connectivity index (χ4n) is 2.48. The van der Waals surface area contributed by atoms with Crippen molar-refractivity contribution in [3.63, 3.8) is 0 Å². The molecule has 1 aromatic rings. The first kappa shape index (κ1) is 10.7. The number of pyridine rings is 1. The Morgan fingerprint density at radius 1 is 1.53 bits per heavy atom. The highest BCUT2D eigenvalue weighted by Gasteiger charge is 2.32. The Labute approximate surface area is 100 Å². The zero-order valence-electron chi connectivity index (χ0n) is 9.95. The largest absolute Gasteiger partial charge is 0.465 e. The van der Waals surface area contributed by atoms with Crippen molar-refractivity contribution in [2.75, 3.05) is 13.7 Å².